The highest BCUT2D eigenvalue weighted by Gasteiger charge is 2.60. The Morgan fingerprint density at radius 3 is 2.48 bits per heavy atom. The first-order chi connectivity index (χ1) is 15.7. The molecule has 4 saturated carbocycles. The van der Waals surface area contributed by atoms with Crippen LogP contribution >= 0.6 is 0 Å². The maximum Gasteiger partial charge on any atom is 0.305 e. The lowest BCUT2D eigenvalue weighted by atomic mass is 9.44. The van der Waals surface area contributed by atoms with Gasteiger partial charge in [-0.25, -0.2) is 0 Å². The number of nitrogens with zero attached hydrogens (tertiary/aromatic N) is 1. The lowest BCUT2D eigenvalue weighted by molar-refractivity contribution is -0.141. The Kier molecular flexibility index (Phi) is 7.85. The van der Waals surface area contributed by atoms with E-state index in [1.807, 2.05) is 0 Å². The normalized spacial score (nSPS) is 43.5. The van der Waals surface area contributed by atoms with E-state index in [1.54, 1.807) is 0 Å². The number of hydrogen-bond acceptors (Lipinski definition) is 4. The summed E-state index contributed by atoms with van der Waals surface area (Å²) in [6.45, 7) is 10.0. The van der Waals surface area contributed by atoms with Crippen LogP contribution < -0.4 is 5.32 Å². The maximum atomic E-state index is 11.7. The molecule has 0 bridgehead atoms. The van der Waals surface area contributed by atoms with Crippen molar-refractivity contribution >= 4 is 5.97 Å². The predicted octanol–water partition coefficient (Wildman–Crippen LogP) is 5.75. The van der Waals surface area contributed by atoms with Crippen LogP contribution in [0.2, 0.25) is 0 Å². The van der Waals surface area contributed by atoms with Gasteiger partial charge in [-0.2, -0.15) is 0 Å². The minimum atomic E-state index is -0.0386. The number of methoxy groups -OCH3 is 1. The second kappa shape index (κ2) is 10.2. The highest BCUT2D eigenvalue weighted by atomic mass is 16.5. The lowest BCUT2D eigenvalue weighted by Gasteiger charge is -2.61. The van der Waals surface area contributed by atoms with Crippen LogP contribution in [0, 0.1) is 46.3 Å². The fourth-order valence-electron chi connectivity index (χ4n) is 9.56. The molecular weight excluding hydrogens is 408 g/mol. The molecule has 0 aromatic rings. The quantitative estimate of drug-likeness (QED) is 0.468. The van der Waals surface area contributed by atoms with E-state index in [9.17, 15) is 4.79 Å². The van der Waals surface area contributed by atoms with Crippen LogP contribution in [0.25, 0.3) is 0 Å². The molecule has 0 aromatic heterocycles. The average Bonchev–Trinajstić information content (AvgIpc) is 3.14. The van der Waals surface area contributed by atoms with E-state index in [-0.39, 0.29) is 5.97 Å². The molecule has 9 atom stereocenters. The number of nitrogens with one attached hydrogen (secondary N) is 1. The Balaban J connectivity index is 1.39. The Bertz CT molecular complexity index is 681. The van der Waals surface area contributed by atoms with Gasteiger partial charge >= 0.3 is 5.97 Å². The van der Waals surface area contributed by atoms with Crippen LogP contribution in [0.15, 0.2) is 0 Å². The molecule has 4 aliphatic rings. The molecule has 0 aliphatic heterocycles. The molecule has 190 valence electrons. The van der Waals surface area contributed by atoms with Crippen LogP contribution in [0.1, 0.15) is 91.4 Å². The first-order valence-corrected chi connectivity index (χ1v) is 14.1. The van der Waals surface area contributed by atoms with Gasteiger partial charge in [0.25, 0.3) is 0 Å². The van der Waals surface area contributed by atoms with E-state index in [2.05, 4.69) is 45.1 Å². The molecule has 4 rings (SSSR count). The van der Waals surface area contributed by atoms with Gasteiger partial charge in [0.05, 0.1) is 7.11 Å². The Morgan fingerprint density at radius 1 is 1.03 bits per heavy atom. The van der Waals surface area contributed by atoms with Gasteiger partial charge in [0, 0.05) is 25.6 Å². The summed E-state index contributed by atoms with van der Waals surface area (Å²) >= 11 is 0. The molecule has 0 radical (unpaired) electrons. The topological polar surface area (TPSA) is 41.6 Å². The molecule has 4 fully saturated rings. The Hall–Kier alpha value is -0.610. The lowest BCUT2D eigenvalue weighted by Crippen LogP contribution is -2.55. The van der Waals surface area contributed by atoms with Crippen molar-refractivity contribution in [3.8, 4) is 0 Å². The molecule has 0 aromatic carbocycles. The van der Waals surface area contributed by atoms with Crippen molar-refractivity contribution in [3.63, 3.8) is 0 Å². The molecule has 0 saturated heterocycles. The zero-order valence-electron chi connectivity index (χ0n) is 22.5. The standard InChI is InChI=1S/C29H52N2O2/c1-20(7-12-27(32)33-6)24-10-11-25-23-9-8-21-19-22(30-17-18-31(4)5)13-15-28(21,2)26(23)14-16-29(24,25)3/h20-26,30H,7-19H2,1-6H3/t20?,21-,22-,23?,24-,25?,26?,28+,29-/m1/s1. The van der Waals surface area contributed by atoms with E-state index in [0.29, 0.717) is 23.2 Å². The highest BCUT2D eigenvalue weighted by Crippen LogP contribution is 2.68. The number of carbonyl (C=O) groups is 1. The van der Waals surface area contributed by atoms with Crippen molar-refractivity contribution in [1.82, 2.24) is 10.2 Å². The van der Waals surface area contributed by atoms with E-state index < -0.39 is 0 Å². The van der Waals surface area contributed by atoms with Crippen LogP contribution in [0.3, 0.4) is 0 Å². The summed E-state index contributed by atoms with van der Waals surface area (Å²) in [4.78, 5) is 14.0. The average molecular weight is 461 g/mol. The molecule has 0 spiro atoms. The summed E-state index contributed by atoms with van der Waals surface area (Å²) in [5.41, 5.74) is 1.06. The van der Waals surface area contributed by atoms with E-state index in [0.717, 1.165) is 55.1 Å². The molecular formula is C29H52N2O2. The van der Waals surface area contributed by atoms with Crippen LogP contribution in [0.5, 0.6) is 0 Å². The van der Waals surface area contributed by atoms with E-state index >= 15 is 0 Å². The van der Waals surface area contributed by atoms with Crippen LogP contribution in [0.4, 0.5) is 0 Å². The number of likely N-dealkylation sites (N-methyl/N-ethyl adjacent to an activating group) is 1. The van der Waals surface area contributed by atoms with Gasteiger partial charge in [0.1, 0.15) is 0 Å². The first-order valence-electron chi connectivity index (χ1n) is 14.1. The number of fused-ring (bicyclic) bond motifs is 5. The number of ether oxygens (including phenoxy) is 1. The third-order valence-electron chi connectivity index (χ3n) is 11.4. The van der Waals surface area contributed by atoms with Gasteiger partial charge in [-0.3, -0.25) is 4.79 Å². The summed E-state index contributed by atoms with van der Waals surface area (Å²) < 4.78 is 4.92. The molecule has 33 heavy (non-hydrogen) atoms. The molecule has 4 nitrogen and oxygen atoms in total. The van der Waals surface area contributed by atoms with Crippen LogP contribution in [-0.2, 0) is 9.53 Å². The van der Waals surface area contributed by atoms with Crippen molar-refractivity contribution in [3.05, 3.63) is 0 Å². The smallest absolute Gasteiger partial charge is 0.305 e. The van der Waals surface area contributed by atoms with Crippen molar-refractivity contribution in [1.29, 1.82) is 0 Å². The van der Waals surface area contributed by atoms with E-state index in [1.165, 1.54) is 64.9 Å². The molecule has 0 amide bonds. The van der Waals surface area contributed by atoms with Crippen molar-refractivity contribution in [2.75, 3.05) is 34.3 Å². The molecule has 4 aliphatic carbocycles. The van der Waals surface area contributed by atoms with E-state index in [4.69, 9.17) is 4.74 Å². The highest BCUT2D eigenvalue weighted by molar-refractivity contribution is 5.69. The predicted molar refractivity (Wildman–Crippen MR) is 136 cm³/mol. The maximum absolute atomic E-state index is 11.7. The third-order valence-corrected chi connectivity index (χ3v) is 11.4. The summed E-state index contributed by atoms with van der Waals surface area (Å²) in [6.07, 6.45) is 14.4. The molecule has 4 heteroatoms. The summed E-state index contributed by atoms with van der Waals surface area (Å²) in [6, 6.07) is 0.736. The summed E-state index contributed by atoms with van der Waals surface area (Å²) in [7, 11) is 5.86. The Morgan fingerprint density at radius 2 is 1.76 bits per heavy atom. The first kappa shape index (κ1) is 25.5. The molecule has 4 unspecified atom stereocenters. The van der Waals surface area contributed by atoms with Gasteiger partial charge in [-0.15, -0.1) is 0 Å². The van der Waals surface area contributed by atoms with Crippen molar-refractivity contribution in [2.24, 2.45) is 46.3 Å². The second-order valence-electron chi connectivity index (χ2n) is 13.2. The molecule has 1 N–H and O–H groups in total. The number of rotatable bonds is 8. The molecule has 0 heterocycles. The fraction of sp³-hybridized carbons (Fsp3) is 0.966. The minimum Gasteiger partial charge on any atom is -0.469 e. The SMILES string of the molecule is COC(=O)CCC(C)[C@H]1CCC2C3CC[C@@H]4C[C@H](NCCN(C)C)CC[C@]4(C)C3CC[C@@]21C. The van der Waals surface area contributed by atoms with Gasteiger partial charge < -0.3 is 15.0 Å². The van der Waals surface area contributed by atoms with Crippen molar-refractivity contribution in [2.45, 2.75) is 97.4 Å². The largest absolute Gasteiger partial charge is 0.469 e. The van der Waals surface area contributed by atoms with Gasteiger partial charge in [-0.05, 0) is 125 Å². The summed E-state index contributed by atoms with van der Waals surface area (Å²) in [5, 5.41) is 3.89. The van der Waals surface area contributed by atoms with Gasteiger partial charge in [0.15, 0.2) is 0 Å². The zero-order chi connectivity index (χ0) is 23.8. The number of hydrogen-bond donors (Lipinski definition) is 1. The minimum absolute atomic E-state index is 0.0386. The number of esters is 1. The fourth-order valence-corrected chi connectivity index (χ4v) is 9.56. The van der Waals surface area contributed by atoms with Crippen molar-refractivity contribution < 1.29 is 9.53 Å². The third kappa shape index (κ3) is 4.90. The Labute approximate surface area is 204 Å². The number of carbonyl (C=O) groups excluding carboxylic acids is 1. The summed E-state index contributed by atoms with van der Waals surface area (Å²) in [5.74, 6) is 5.10. The zero-order valence-corrected chi connectivity index (χ0v) is 22.5. The van der Waals surface area contributed by atoms with Gasteiger partial charge in [-0.1, -0.05) is 20.8 Å². The van der Waals surface area contributed by atoms with Crippen LogP contribution in [-0.4, -0.2) is 51.2 Å². The van der Waals surface area contributed by atoms with Gasteiger partial charge in [0.2, 0.25) is 0 Å². The monoisotopic (exact) mass is 460 g/mol. The second-order valence-corrected chi connectivity index (χ2v) is 13.2.